The molecule has 1 aromatic carbocycles. The Morgan fingerprint density at radius 3 is 2.69 bits per heavy atom. The summed E-state index contributed by atoms with van der Waals surface area (Å²) in [4.78, 5) is 39.8. The Kier molecular flexibility index (Phi) is 4.59. The van der Waals surface area contributed by atoms with Crippen molar-refractivity contribution in [2.45, 2.75) is 13.5 Å². The maximum atomic E-state index is 12.5. The molecule has 0 aliphatic carbocycles. The van der Waals surface area contributed by atoms with E-state index in [0.717, 1.165) is 11.8 Å². The van der Waals surface area contributed by atoms with E-state index in [0.29, 0.717) is 5.65 Å². The molecule has 0 saturated carbocycles. The lowest BCUT2D eigenvalue weighted by Crippen LogP contribution is -2.19. The maximum Gasteiger partial charge on any atom is 0.345 e. The number of nitro benzene ring substituents is 1. The molecule has 0 spiro atoms. The summed E-state index contributed by atoms with van der Waals surface area (Å²) in [5.74, 6) is -0.509. The van der Waals surface area contributed by atoms with Crippen LogP contribution in [0.5, 0.6) is 11.5 Å². The predicted octanol–water partition coefficient (Wildman–Crippen LogP) is 2.04. The lowest BCUT2D eigenvalue weighted by molar-refractivity contribution is -0.385. The Hall–Kier alpha value is -3.95. The first-order valence-corrected chi connectivity index (χ1v) is 8.67. The summed E-state index contributed by atoms with van der Waals surface area (Å²) in [6.45, 7) is 1.99. The lowest BCUT2D eigenvalue weighted by atomic mass is 10.1. The number of rotatable bonds is 4. The van der Waals surface area contributed by atoms with Crippen LogP contribution in [0.1, 0.15) is 21.7 Å². The van der Waals surface area contributed by atoms with E-state index in [4.69, 9.17) is 14.2 Å². The number of hydrogen-bond donors (Lipinski definition) is 0. The van der Waals surface area contributed by atoms with E-state index in [1.807, 2.05) is 0 Å². The summed E-state index contributed by atoms with van der Waals surface area (Å²) in [5, 5.41) is 11.4. The zero-order valence-corrected chi connectivity index (χ0v) is 15.3. The molecule has 0 fully saturated rings. The van der Waals surface area contributed by atoms with Crippen LogP contribution in [0.3, 0.4) is 0 Å². The minimum absolute atomic E-state index is 0.194. The van der Waals surface area contributed by atoms with Gasteiger partial charge in [-0.25, -0.2) is 9.78 Å². The molecule has 0 amide bonds. The number of aryl methyl sites for hydroxylation is 1. The average Bonchev–Trinajstić information content (AvgIpc) is 2.70. The molecule has 29 heavy (non-hydrogen) atoms. The number of ether oxygens (including phenoxy) is 3. The summed E-state index contributed by atoms with van der Waals surface area (Å²) in [5.41, 5.74) is 0.317. The first-order chi connectivity index (χ1) is 13.9. The van der Waals surface area contributed by atoms with E-state index >= 15 is 0 Å². The highest BCUT2D eigenvalue weighted by atomic mass is 16.6. The van der Waals surface area contributed by atoms with Crippen molar-refractivity contribution in [2.75, 3.05) is 13.2 Å². The second-order valence-corrected chi connectivity index (χ2v) is 6.29. The molecule has 3 aromatic rings. The Morgan fingerprint density at radius 1 is 1.24 bits per heavy atom. The van der Waals surface area contributed by atoms with Crippen LogP contribution >= 0.6 is 0 Å². The molecule has 3 heterocycles. The van der Waals surface area contributed by atoms with Crippen molar-refractivity contribution < 1.29 is 23.9 Å². The van der Waals surface area contributed by atoms with Crippen molar-refractivity contribution in [3.63, 3.8) is 0 Å². The highest BCUT2D eigenvalue weighted by Gasteiger charge is 2.27. The molecule has 10 nitrogen and oxygen atoms in total. The van der Waals surface area contributed by atoms with Gasteiger partial charge in [-0.3, -0.25) is 19.3 Å². The molecular weight excluding hydrogens is 382 g/mol. The van der Waals surface area contributed by atoms with E-state index in [9.17, 15) is 19.7 Å². The van der Waals surface area contributed by atoms with E-state index < -0.39 is 16.6 Å². The van der Waals surface area contributed by atoms with Gasteiger partial charge in [0.25, 0.3) is 11.2 Å². The van der Waals surface area contributed by atoms with Crippen molar-refractivity contribution in [3.05, 3.63) is 73.8 Å². The van der Waals surface area contributed by atoms with Gasteiger partial charge in [-0.1, -0.05) is 6.07 Å². The summed E-state index contributed by atoms with van der Waals surface area (Å²) >= 11 is 0. The zero-order valence-electron chi connectivity index (χ0n) is 15.3. The molecule has 1 aliphatic heterocycles. The standard InChI is InChI=1S/C19H15N3O7/c1-11-3-2-4-17-20-12(7-18(23)21(11)17)10-29-19(24)13-8-15-16(28-6-5-27-15)9-14(13)22(25)26/h2-4,7-9H,5-6,10H2,1H3. The minimum Gasteiger partial charge on any atom is -0.486 e. The van der Waals surface area contributed by atoms with Crippen LogP contribution in [0, 0.1) is 17.0 Å². The Labute approximate surface area is 163 Å². The molecule has 148 valence electrons. The summed E-state index contributed by atoms with van der Waals surface area (Å²) in [6.07, 6.45) is 0. The Morgan fingerprint density at radius 2 is 1.97 bits per heavy atom. The first kappa shape index (κ1) is 18.4. The highest BCUT2D eigenvalue weighted by Crippen LogP contribution is 2.36. The minimum atomic E-state index is -0.931. The molecule has 0 atom stereocenters. The predicted molar refractivity (Wildman–Crippen MR) is 99.4 cm³/mol. The molecule has 2 aromatic heterocycles. The van der Waals surface area contributed by atoms with Gasteiger partial charge >= 0.3 is 5.97 Å². The SMILES string of the molecule is Cc1cccc2nc(COC(=O)c3cc4c(cc3[N+](=O)[O-])OCCO4)cc(=O)n12. The van der Waals surface area contributed by atoms with Crippen LogP contribution in [0.25, 0.3) is 5.65 Å². The van der Waals surface area contributed by atoms with Crippen molar-refractivity contribution in [1.29, 1.82) is 0 Å². The number of fused-ring (bicyclic) bond motifs is 2. The van der Waals surface area contributed by atoms with Crippen molar-refractivity contribution in [3.8, 4) is 11.5 Å². The topological polar surface area (TPSA) is 122 Å². The van der Waals surface area contributed by atoms with Gasteiger partial charge < -0.3 is 14.2 Å². The molecule has 1 aliphatic rings. The number of aromatic nitrogens is 2. The number of carbonyl (C=O) groups is 1. The normalized spacial score (nSPS) is 12.6. The Bertz CT molecular complexity index is 1200. The molecule has 10 heteroatoms. The number of pyridine rings is 1. The van der Waals surface area contributed by atoms with Crippen LogP contribution in [0.15, 0.2) is 41.2 Å². The first-order valence-electron chi connectivity index (χ1n) is 8.67. The van der Waals surface area contributed by atoms with Crippen molar-refractivity contribution >= 4 is 17.3 Å². The fraction of sp³-hybridized carbons (Fsp3) is 0.211. The van der Waals surface area contributed by atoms with Crippen LogP contribution in [0.4, 0.5) is 5.69 Å². The highest BCUT2D eigenvalue weighted by molar-refractivity contribution is 5.95. The maximum absolute atomic E-state index is 12.5. The second kappa shape index (κ2) is 7.23. The third-order valence-electron chi connectivity index (χ3n) is 4.36. The smallest absolute Gasteiger partial charge is 0.345 e. The van der Waals surface area contributed by atoms with Gasteiger partial charge in [0.1, 0.15) is 31.0 Å². The van der Waals surface area contributed by atoms with Crippen molar-refractivity contribution in [1.82, 2.24) is 9.38 Å². The molecule has 0 radical (unpaired) electrons. The van der Waals surface area contributed by atoms with E-state index in [-0.39, 0.29) is 48.1 Å². The van der Waals surface area contributed by atoms with E-state index in [1.165, 1.54) is 16.5 Å². The molecule has 0 bridgehead atoms. The molecule has 0 saturated heterocycles. The quantitative estimate of drug-likeness (QED) is 0.372. The fourth-order valence-corrected chi connectivity index (χ4v) is 3.05. The van der Waals surface area contributed by atoms with Crippen molar-refractivity contribution in [2.24, 2.45) is 0 Å². The largest absolute Gasteiger partial charge is 0.486 e. The second-order valence-electron chi connectivity index (χ2n) is 6.29. The Balaban J connectivity index is 1.61. The van der Waals surface area contributed by atoms with Gasteiger partial charge in [-0.05, 0) is 19.1 Å². The zero-order chi connectivity index (χ0) is 20.5. The third-order valence-corrected chi connectivity index (χ3v) is 4.36. The number of hydrogen-bond acceptors (Lipinski definition) is 8. The van der Waals surface area contributed by atoms with Crippen LogP contribution in [-0.4, -0.2) is 33.5 Å². The van der Waals surface area contributed by atoms with Crippen LogP contribution in [-0.2, 0) is 11.3 Å². The van der Waals surface area contributed by atoms with Gasteiger partial charge in [0, 0.05) is 17.8 Å². The molecule has 0 unspecified atom stereocenters. The number of carbonyl (C=O) groups excluding carboxylic acids is 1. The van der Waals surface area contributed by atoms with Crippen LogP contribution in [0.2, 0.25) is 0 Å². The van der Waals surface area contributed by atoms with Gasteiger partial charge in [0.2, 0.25) is 0 Å². The van der Waals surface area contributed by atoms with E-state index in [1.54, 1.807) is 25.1 Å². The van der Waals surface area contributed by atoms with Crippen LogP contribution < -0.4 is 15.0 Å². The summed E-state index contributed by atoms with van der Waals surface area (Å²) in [7, 11) is 0. The molecular formula is C19H15N3O7. The fourth-order valence-electron chi connectivity index (χ4n) is 3.05. The average molecular weight is 397 g/mol. The molecule has 4 rings (SSSR count). The summed E-state index contributed by atoms with van der Waals surface area (Å²) in [6, 6.07) is 8.80. The number of esters is 1. The number of nitrogens with zero attached hydrogens (tertiary/aromatic N) is 3. The van der Waals surface area contributed by atoms with Gasteiger partial charge in [0.05, 0.1) is 16.7 Å². The lowest BCUT2D eigenvalue weighted by Gasteiger charge is -2.18. The molecule has 0 N–H and O–H groups in total. The summed E-state index contributed by atoms with van der Waals surface area (Å²) < 4.78 is 17.3. The van der Waals surface area contributed by atoms with E-state index in [2.05, 4.69) is 4.98 Å². The van der Waals surface area contributed by atoms with Gasteiger partial charge in [-0.2, -0.15) is 0 Å². The van der Waals surface area contributed by atoms with Gasteiger partial charge in [0.15, 0.2) is 11.5 Å². The monoisotopic (exact) mass is 397 g/mol. The number of nitro groups is 1. The third kappa shape index (κ3) is 3.47. The van der Waals surface area contributed by atoms with Gasteiger partial charge in [-0.15, -0.1) is 0 Å². The number of benzene rings is 1.